The summed E-state index contributed by atoms with van der Waals surface area (Å²) in [5.41, 5.74) is 2.16. The SMILES string of the molecule is CC[C@@H]1CC(=O)[C@@H]2Oc3c(OC)ccc4c3[C@@]23CCN(C#N)[C@H](C4)[C@H]13. The number of nitriles is 1. The number of hydrogen-bond donors (Lipinski definition) is 0. The van der Waals surface area contributed by atoms with Crippen LogP contribution >= 0.6 is 0 Å². The fourth-order valence-electron chi connectivity index (χ4n) is 6.25. The van der Waals surface area contributed by atoms with Crippen molar-refractivity contribution in [1.82, 2.24) is 4.90 Å². The first-order chi connectivity index (χ1) is 12.2. The van der Waals surface area contributed by atoms with Crippen molar-refractivity contribution in [1.29, 1.82) is 5.26 Å². The zero-order chi connectivity index (χ0) is 17.3. The van der Waals surface area contributed by atoms with E-state index in [-0.39, 0.29) is 17.2 Å². The third-order valence-corrected chi connectivity index (χ3v) is 7.12. The number of rotatable bonds is 2. The monoisotopic (exact) mass is 338 g/mol. The molecular formula is C20H22N2O3. The van der Waals surface area contributed by atoms with E-state index in [4.69, 9.17) is 9.47 Å². The van der Waals surface area contributed by atoms with Gasteiger partial charge in [0.1, 0.15) is 0 Å². The van der Waals surface area contributed by atoms with E-state index >= 15 is 0 Å². The average molecular weight is 338 g/mol. The smallest absolute Gasteiger partial charge is 0.179 e. The fraction of sp³-hybridized carbons (Fsp3) is 0.600. The van der Waals surface area contributed by atoms with Gasteiger partial charge >= 0.3 is 0 Å². The van der Waals surface area contributed by atoms with Crippen molar-refractivity contribution in [3.63, 3.8) is 0 Å². The Morgan fingerprint density at radius 1 is 1.44 bits per heavy atom. The third kappa shape index (κ3) is 1.61. The fourth-order valence-corrected chi connectivity index (χ4v) is 6.25. The molecule has 1 aromatic rings. The molecule has 0 N–H and O–H groups in total. The number of ketones is 1. The normalized spacial score (nSPS) is 37.2. The summed E-state index contributed by atoms with van der Waals surface area (Å²) in [4.78, 5) is 15.0. The molecular weight excluding hydrogens is 316 g/mol. The van der Waals surface area contributed by atoms with E-state index in [0.29, 0.717) is 24.8 Å². The van der Waals surface area contributed by atoms with E-state index in [1.54, 1.807) is 7.11 Å². The molecule has 5 atom stereocenters. The lowest BCUT2D eigenvalue weighted by atomic mass is 9.48. The van der Waals surface area contributed by atoms with Crippen LogP contribution < -0.4 is 9.47 Å². The van der Waals surface area contributed by atoms with Gasteiger partial charge < -0.3 is 14.4 Å². The highest BCUT2D eigenvalue weighted by molar-refractivity contribution is 5.89. The Labute approximate surface area is 147 Å². The van der Waals surface area contributed by atoms with Crippen molar-refractivity contribution < 1.29 is 14.3 Å². The number of likely N-dealkylation sites (tertiary alicyclic amines) is 1. The molecule has 1 saturated carbocycles. The van der Waals surface area contributed by atoms with Gasteiger partial charge in [-0.25, -0.2) is 0 Å². The Hall–Kier alpha value is -2.22. The predicted molar refractivity (Wildman–Crippen MR) is 90.4 cm³/mol. The minimum Gasteiger partial charge on any atom is -0.493 e. The van der Waals surface area contributed by atoms with E-state index in [1.165, 1.54) is 11.1 Å². The minimum atomic E-state index is -0.408. The van der Waals surface area contributed by atoms with E-state index in [1.807, 2.05) is 11.0 Å². The van der Waals surface area contributed by atoms with Crippen molar-refractivity contribution in [2.75, 3.05) is 13.7 Å². The Bertz CT molecular complexity index is 814. The van der Waals surface area contributed by atoms with E-state index in [0.717, 1.165) is 30.8 Å². The largest absolute Gasteiger partial charge is 0.493 e. The van der Waals surface area contributed by atoms with Crippen LogP contribution in [-0.4, -0.2) is 36.5 Å². The second kappa shape index (κ2) is 4.91. The molecule has 0 radical (unpaired) electrons. The Kier molecular flexibility index (Phi) is 2.96. The van der Waals surface area contributed by atoms with Gasteiger partial charge in [0.05, 0.1) is 12.5 Å². The first-order valence-corrected chi connectivity index (χ1v) is 9.21. The summed E-state index contributed by atoms with van der Waals surface area (Å²) in [6, 6.07) is 4.22. The topological polar surface area (TPSA) is 62.6 Å². The van der Waals surface area contributed by atoms with Crippen molar-refractivity contribution in [3.8, 4) is 17.7 Å². The molecule has 2 aliphatic heterocycles. The number of carbonyl (C=O) groups excluding carboxylic acids is 1. The van der Waals surface area contributed by atoms with Crippen molar-refractivity contribution in [2.45, 2.75) is 50.2 Å². The maximum Gasteiger partial charge on any atom is 0.179 e. The van der Waals surface area contributed by atoms with Crippen LogP contribution in [0.4, 0.5) is 0 Å². The molecule has 25 heavy (non-hydrogen) atoms. The van der Waals surface area contributed by atoms with E-state index < -0.39 is 6.10 Å². The van der Waals surface area contributed by atoms with Crippen LogP contribution in [0.25, 0.3) is 0 Å². The molecule has 5 heteroatoms. The number of hydrogen-bond acceptors (Lipinski definition) is 5. The summed E-state index contributed by atoms with van der Waals surface area (Å²) in [6.45, 7) is 2.87. The van der Waals surface area contributed by atoms with Crippen LogP contribution in [0.2, 0.25) is 0 Å². The average Bonchev–Trinajstić information content (AvgIpc) is 2.97. The van der Waals surface area contributed by atoms with Gasteiger partial charge in [-0.15, -0.1) is 0 Å². The summed E-state index contributed by atoms with van der Waals surface area (Å²) in [5.74, 6) is 2.35. The lowest BCUT2D eigenvalue weighted by molar-refractivity contribution is -0.143. The van der Waals surface area contributed by atoms with Crippen LogP contribution in [0, 0.1) is 23.3 Å². The summed E-state index contributed by atoms with van der Waals surface area (Å²) < 4.78 is 11.8. The number of piperidine rings is 1. The maximum absolute atomic E-state index is 13.0. The van der Waals surface area contributed by atoms with Gasteiger partial charge in [-0.3, -0.25) is 4.79 Å². The maximum atomic E-state index is 13.0. The molecule has 0 amide bonds. The van der Waals surface area contributed by atoms with Gasteiger partial charge in [0.15, 0.2) is 29.6 Å². The molecule has 0 unspecified atom stereocenters. The first-order valence-electron chi connectivity index (χ1n) is 9.21. The number of benzene rings is 1. The molecule has 0 aromatic heterocycles. The lowest BCUT2D eigenvalue weighted by Crippen LogP contribution is -2.67. The van der Waals surface area contributed by atoms with Crippen molar-refractivity contribution in [2.24, 2.45) is 11.8 Å². The highest BCUT2D eigenvalue weighted by Crippen LogP contribution is 2.64. The number of ether oxygens (including phenoxy) is 2. The van der Waals surface area contributed by atoms with Gasteiger partial charge in [0, 0.05) is 24.6 Å². The van der Waals surface area contributed by atoms with Gasteiger partial charge in [0.2, 0.25) is 0 Å². The second-order valence-electron chi connectivity index (χ2n) is 7.85. The Morgan fingerprint density at radius 2 is 2.28 bits per heavy atom. The molecule has 2 aliphatic carbocycles. The molecule has 2 bridgehead atoms. The number of nitrogens with zero attached hydrogens (tertiary/aromatic N) is 2. The number of methoxy groups -OCH3 is 1. The van der Waals surface area contributed by atoms with Crippen LogP contribution in [0.5, 0.6) is 11.5 Å². The van der Waals surface area contributed by atoms with Gasteiger partial charge in [0.25, 0.3) is 0 Å². The van der Waals surface area contributed by atoms with E-state index in [2.05, 4.69) is 19.2 Å². The van der Waals surface area contributed by atoms with Crippen molar-refractivity contribution >= 4 is 5.78 Å². The van der Waals surface area contributed by atoms with Crippen molar-refractivity contribution in [3.05, 3.63) is 23.3 Å². The zero-order valence-electron chi connectivity index (χ0n) is 14.6. The van der Waals surface area contributed by atoms with Gasteiger partial charge in [-0.05, 0) is 36.3 Å². The molecule has 1 aromatic carbocycles. The molecule has 5 nitrogen and oxygen atoms in total. The molecule has 2 heterocycles. The molecule has 5 rings (SSSR count). The first kappa shape index (κ1) is 15.1. The van der Waals surface area contributed by atoms with Crippen LogP contribution in [0.3, 0.4) is 0 Å². The second-order valence-corrected chi connectivity index (χ2v) is 7.85. The molecule has 1 saturated heterocycles. The molecule has 1 spiro atoms. The zero-order valence-corrected chi connectivity index (χ0v) is 14.6. The molecule has 2 fully saturated rings. The molecule has 130 valence electrons. The van der Waals surface area contributed by atoms with E-state index in [9.17, 15) is 10.1 Å². The summed E-state index contributed by atoms with van der Waals surface area (Å²) in [6.07, 6.45) is 5.20. The van der Waals surface area contributed by atoms with Gasteiger partial charge in [-0.1, -0.05) is 19.4 Å². The molecule has 4 aliphatic rings. The predicted octanol–water partition coefficient (Wildman–Crippen LogP) is 2.42. The standard InChI is InChI=1S/C20H22N2O3/c1-3-11-9-14(23)19-20-6-7-22(10-21)13(16(11)20)8-12-4-5-15(24-2)18(25-19)17(12)20/h4-5,11,13,16,19H,3,6-9H2,1-2H3/t11-,13-,16+,19+,20+/m1/s1. The summed E-state index contributed by atoms with van der Waals surface area (Å²) in [7, 11) is 1.65. The van der Waals surface area contributed by atoms with Gasteiger partial charge in [-0.2, -0.15) is 5.26 Å². The Balaban J connectivity index is 1.80. The number of Topliss-reactive ketones (excluding diaryl/α,β-unsaturated/α-hetero) is 1. The highest BCUT2D eigenvalue weighted by Gasteiger charge is 2.68. The quantitative estimate of drug-likeness (QED) is 0.775. The lowest BCUT2D eigenvalue weighted by Gasteiger charge is -2.58. The Morgan fingerprint density at radius 3 is 3.00 bits per heavy atom. The van der Waals surface area contributed by atoms with Crippen LogP contribution in [0.15, 0.2) is 12.1 Å². The summed E-state index contributed by atoms with van der Waals surface area (Å²) in [5, 5.41) is 9.67. The highest BCUT2D eigenvalue weighted by atomic mass is 16.5. The summed E-state index contributed by atoms with van der Waals surface area (Å²) >= 11 is 0. The minimum absolute atomic E-state index is 0.176. The third-order valence-electron chi connectivity index (χ3n) is 7.12. The van der Waals surface area contributed by atoms with Crippen LogP contribution in [0.1, 0.15) is 37.3 Å². The number of carbonyl (C=O) groups is 1. The van der Waals surface area contributed by atoms with Crippen LogP contribution in [-0.2, 0) is 16.6 Å².